The molecule has 12 aromatic carbocycles. The normalized spacial score (nSPS) is 11.6. The molecule has 13 aromatic rings. The molecule has 0 N–H and O–H groups in total. The summed E-state index contributed by atoms with van der Waals surface area (Å²) in [4.78, 5) is 2.40. The van der Waals surface area contributed by atoms with Crippen molar-refractivity contribution in [3.05, 3.63) is 255 Å². The van der Waals surface area contributed by atoms with Crippen molar-refractivity contribution in [3.63, 3.8) is 0 Å². The molecule has 13 rings (SSSR count). The Labute approximate surface area is 383 Å². The topological polar surface area (TPSA) is 8.17 Å². The highest BCUT2D eigenvalue weighted by molar-refractivity contribution is 6.22. The van der Waals surface area contributed by atoms with Gasteiger partial charge in [0.15, 0.2) is 0 Å². The van der Waals surface area contributed by atoms with Gasteiger partial charge in [-0.2, -0.15) is 0 Å². The standard InChI is InChI=1S/C64H42N2/c1-2-19-51(20-3-1)66-62-27-13-26-56(63(62)60-39-34-45-15-6-9-23-57(45)64(60)66)49-18-12-21-54(41-49)65(52-35-30-44(31-36-52)48-29-28-43-14-4-5-16-47(43)40-48)53-37-32-46(33-38-53)61-42-50-17-7-8-22-55(50)58-24-10-11-25-59(58)61/h1-42H. The summed E-state index contributed by atoms with van der Waals surface area (Å²) in [7, 11) is 0. The first-order valence-electron chi connectivity index (χ1n) is 22.7. The summed E-state index contributed by atoms with van der Waals surface area (Å²) in [5.41, 5.74) is 14.0. The van der Waals surface area contributed by atoms with Crippen LogP contribution in [0.1, 0.15) is 0 Å². The monoisotopic (exact) mass is 838 g/mol. The van der Waals surface area contributed by atoms with E-state index in [0.29, 0.717) is 0 Å². The van der Waals surface area contributed by atoms with Crippen molar-refractivity contribution in [1.29, 1.82) is 0 Å². The van der Waals surface area contributed by atoms with Gasteiger partial charge in [-0.1, -0.05) is 188 Å². The molecule has 2 nitrogen and oxygen atoms in total. The van der Waals surface area contributed by atoms with Crippen molar-refractivity contribution in [2.45, 2.75) is 0 Å². The van der Waals surface area contributed by atoms with E-state index in [2.05, 4.69) is 264 Å². The quantitative estimate of drug-likeness (QED) is 0.145. The highest BCUT2D eigenvalue weighted by Gasteiger charge is 2.20. The predicted octanol–water partition coefficient (Wildman–Crippen LogP) is 17.9. The molecule has 0 unspecified atom stereocenters. The summed E-state index contributed by atoms with van der Waals surface area (Å²) in [6.07, 6.45) is 0. The Morgan fingerprint density at radius 1 is 0.273 bits per heavy atom. The van der Waals surface area contributed by atoms with Gasteiger partial charge in [-0.15, -0.1) is 0 Å². The molecule has 0 bridgehead atoms. The van der Waals surface area contributed by atoms with Crippen LogP contribution in [0.2, 0.25) is 0 Å². The van der Waals surface area contributed by atoms with Gasteiger partial charge < -0.3 is 9.47 Å². The molecule has 0 spiro atoms. The van der Waals surface area contributed by atoms with Crippen molar-refractivity contribution < 1.29 is 0 Å². The molecule has 0 atom stereocenters. The minimum Gasteiger partial charge on any atom is -0.310 e. The zero-order valence-corrected chi connectivity index (χ0v) is 36.1. The van der Waals surface area contributed by atoms with Crippen LogP contribution >= 0.6 is 0 Å². The van der Waals surface area contributed by atoms with Gasteiger partial charge in [0.05, 0.1) is 11.0 Å². The Kier molecular flexibility index (Phi) is 8.89. The first-order chi connectivity index (χ1) is 32.7. The minimum atomic E-state index is 1.09. The SMILES string of the molecule is c1ccc(-n2c3cccc(-c4cccc(N(c5ccc(-c6ccc7ccccc7c6)cc5)c5ccc(-c6cc7ccccc7c7ccccc67)cc5)c4)c3c3ccc4ccccc4c32)cc1. The zero-order chi connectivity index (χ0) is 43.6. The van der Waals surface area contributed by atoms with E-state index in [1.165, 1.54) is 92.7 Å². The molecule has 0 aliphatic rings. The number of rotatable bonds is 7. The van der Waals surface area contributed by atoms with Gasteiger partial charge in [-0.3, -0.25) is 0 Å². The molecule has 0 saturated carbocycles. The zero-order valence-electron chi connectivity index (χ0n) is 36.1. The summed E-state index contributed by atoms with van der Waals surface area (Å²) in [6, 6.07) is 93.3. The lowest BCUT2D eigenvalue weighted by Crippen LogP contribution is -2.10. The molecule has 0 radical (unpaired) electrons. The number of hydrogen-bond acceptors (Lipinski definition) is 1. The lowest BCUT2D eigenvalue weighted by atomic mass is 9.93. The van der Waals surface area contributed by atoms with Crippen molar-refractivity contribution in [3.8, 4) is 39.1 Å². The third-order valence-electron chi connectivity index (χ3n) is 13.5. The third-order valence-corrected chi connectivity index (χ3v) is 13.5. The maximum absolute atomic E-state index is 2.45. The summed E-state index contributed by atoms with van der Waals surface area (Å²) in [5, 5.41) is 12.5. The number of nitrogens with zero attached hydrogens (tertiary/aromatic N) is 2. The van der Waals surface area contributed by atoms with E-state index >= 15 is 0 Å². The Balaban J connectivity index is 0.974. The summed E-state index contributed by atoms with van der Waals surface area (Å²) in [5.74, 6) is 0. The van der Waals surface area contributed by atoms with Gasteiger partial charge in [0.25, 0.3) is 0 Å². The summed E-state index contributed by atoms with van der Waals surface area (Å²) in [6.45, 7) is 0. The van der Waals surface area contributed by atoms with Crippen LogP contribution in [0.5, 0.6) is 0 Å². The molecule has 66 heavy (non-hydrogen) atoms. The molecule has 0 aliphatic heterocycles. The first-order valence-corrected chi connectivity index (χ1v) is 22.7. The molecular weight excluding hydrogens is 797 g/mol. The number of para-hydroxylation sites is 1. The van der Waals surface area contributed by atoms with Gasteiger partial charge in [0.1, 0.15) is 0 Å². The summed E-state index contributed by atoms with van der Waals surface area (Å²) >= 11 is 0. The van der Waals surface area contributed by atoms with Gasteiger partial charge in [-0.25, -0.2) is 0 Å². The Bertz CT molecular complexity index is 3970. The molecule has 0 amide bonds. The van der Waals surface area contributed by atoms with Gasteiger partial charge in [0.2, 0.25) is 0 Å². The lowest BCUT2D eigenvalue weighted by Gasteiger charge is -2.26. The van der Waals surface area contributed by atoms with Crippen LogP contribution in [0, 0.1) is 0 Å². The molecule has 0 fully saturated rings. The molecule has 308 valence electrons. The van der Waals surface area contributed by atoms with E-state index in [1.54, 1.807) is 0 Å². The minimum absolute atomic E-state index is 1.09. The largest absolute Gasteiger partial charge is 0.310 e. The molecule has 1 heterocycles. The molecule has 0 saturated heterocycles. The van der Waals surface area contributed by atoms with Crippen LogP contribution in [0.3, 0.4) is 0 Å². The number of benzene rings is 12. The van der Waals surface area contributed by atoms with Crippen molar-refractivity contribution in [2.75, 3.05) is 4.90 Å². The Hall–Kier alpha value is -8.72. The fraction of sp³-hybridized carbons (Fsp3) is 0. The third kappa shape index (κ3) is 6.26. The average molecular weight is 839 g/mol. The lowest BCUT2D eigenvalue weighted by molar-refractivity contribution is 1.19. The number of aromatic nitrogens is 1. The summed E-state index contributed by atoms with van der Waals surface area (Å²) < 4.78 is 2.45. The van der Waals surface area contributed by atoms with Crippen LogP contribution in [-0.4, -0.2) is 4.57 Å². The molecule has 2 heteroatoms. The second kappa shape index (κ2) is 15.5. The average Bonchev–Trinajstić information content (AvgIpc) is 3.74. The van der Waals surface area contributed by atoms with Gasteiger partial charge in [-0.05, 0) is 138 Å². The van der Waals surface area contributed by atoms with Crippen molar-refractivity contribution in [2.24, 2.45) is 0 Å². The van der Waals surface area contributed by atoms with Crippen molar-refractivity contribution >= 4 is 82.0 Å². The number of fused-ring (bicyclic) bond motifs is 9. The Morgan fingerprint density at radius 2 is 0.879 bits per heavy atom. The van der Waals surface area contributed by atoms with E-state index in [0.717, 1.165) is 28.3 Å². The maximum atomic E-state index is 2.45. The van der Waals surface area contributed by atoms with Gasteiger partial charge >= 0.3 is 0 Å². The highest BCUT2D eigenvalue weighted by atomic mass is 15.1. The van der Waals surface area contributed by atoms with Gasteiger partial charge in [0, 0.05) is 38.9 Å². The maximum Gasteiger partial charge on any atom is 0.0619 e. The van der Waals surface area contributed by atoms with Crippen molar-refractivity contribution in [1.82, 2.24) is 4.57 Å². The van der Waals surface area contributed by atoms with E-state index < -0.39 is 0 Å². The molecule has 0 aliphatic carbocycles. The first kappa shape index (κ1) is 37.8. The highest BCUT2D eigenvalue weighted by Crippen LogP contribution is 2.44. The Morgan fingerprint density at radius 3 is 1.67 bits per heavy atom. The molecular formula is C64H42N2. The van der Waals surface area contributed by atoms with Crippen LogP contribution in [-0.2, 0) is 0 Å². The van der Waals surface area contributed by atoms with E-state index in [1.807, 2.05) is 0 Å². The van der Waals surface area contributed by atoms with Crippen LogP contribution in [0.15, 0.2) is 255 Å². The smallest absolute Gasteiger partial charge is 0.0619 e. The van der Waals surface area contributed by atoms with E-state index in [9.17, 15) is 0 Å². The number of anilines is 3. The van der Waals surface area contributed by atoms with Crippen LogP contribution in [0.4, 0.5) is 17.1 Å². The predicted molar refractivity (Wildman–Crippen MR) is 282 cm³/mol. The van der Waals surface area contributed by atoms with E-state index in [-0.39, 0.29) is 0 Å². The fourth-order valence-electron chi connectivity index (χ4n) is 10.4. The second-order valence-corrected chi connectivity index (χ2v) is 17.3. The van der Waals surface area contributed by atoms with E-state index in [4.69, 9.17) is 0 Å². The number of hydrogen-bond donors (Lipinski definition) is 0. The second-order valence-electron chi connectivity index (χ2n) is 17.3. The fourth-order valence-corrected chi connectivity index (χ4v) is 10.4. The van der Waals surface area contributed by atoms with Crippen LogP contribution < -0.4 is 4.90 Å². The van der Waals surface area contributed by atoms with Crippen LogP contribution in [0.25, 0.3) is 104 Å². The molecule has 1 aromatic heterocycles.